The fraction of sp³-hybridized carbons (Fsp3) is 0.333. The predicted octanol–water partition coefficient (Wildman–Crippen LogP) is -2.66. The van der Waals surface area contributed by atoms with Gasteiger partial charge in [0, 0.05) is 0 Å². The van der Waals surface area contributed by atoms with Gasteiger partial charge in [0.05, 0.1) is 0 Å². The van der Waals surface area contributed by atoms with Gasteiger partial charge in [0.2, 0.25) is 0 Å². The third kappa shape index (κ3) is 2.88. The molecule has 1 atom stereocenters. The van der Waals surface area contributed by atoms with E-state index < -0.39 is 0 Å². The SMILES string of the molecule is CC(C)C1[C]([Ti+2])=Cc2ccccc21.[Cl-].[Cl-]. The molecule has 1 aromatic carbocycles. The molecule has 1 aromatic rings. The zero-order valence-corrected chi connectivity index (χ0v) is 11.9. The van der Waals surface area contributed by atoms with Crippen LogP contribution in [0.5, 0.6) is 0 Å². The van der Waals surface area contributed by atoms with Gasteiger partial charge in [-0.3, -0.25) is 0 Å². The van der Waals surface area contributed by atoms with Crippen molar-refractivity contribution in [2.75, 3.05) is 0 Å². The van der Waals surface area contributed by atoms with E-state index in [4.69, 9.17) is 0 Å². The predicted molar refractivity (Wildman–Crippen MR) is 52.0 cm³/mol. The van der Waals surface area contributed by atoms with Gasteiger partial charge in [0.25, 0.3) is 0 Å². The maximum Gasteiger partial charge on any atom is -1.00 e. The first-order valence-electron chi connectivity index (χ1n) is 4.72. The fourth-order valence-corrected chi connectivity index (χ4v) is 3.07. The van der Waals surface area contributed by atoms with Crippen LogP contribution < -0.4 is 24.8 Å². The molecule has 15 heavy (non-hydrogen) atoms. The van der Waals surface area contributed by atoms with Crippen LogP contribution in [0.15, 0.2) is 28.1 Å². The largest absolute Gasteiger partial charge is 1.00 e. The van der Waals surface area contributed by atoms with Crippen LogP contribution in [0.2, 0.25) is 0 Å². The molecule has 0 heterocycles. The fourth-order valence-electron chi connectivity index (χ4n) is 2.07. The number of hydrogen-bond donors (Lipinski definition) is 0. The molecular formula is C12H13Cl2Ti. The Morgan fingerprint density at radius 3 is 2.33 bits per heavy atom. The normalized spacial score (nSPS) is 17.7. The second kappa shape index (κ2) is 6.10. The summed E-state index contributed by atoms with van der Waals surface area (Å²) >= 11 is 2.24. The van der Waals surface area contributed by atoms with Crippen molar-refractivity contribution in [1.29, 1.82) is 0 Å². The molecule has 1 aliphatic rings. The van der Waals surface area contributed by atoms with Crippen molar-refractivity contribution in [2.45, 2.75) is 19.8 Å². The molecule has 0 saturated carbocycles. The van der Waals surface area contributed by atoms with Crippen molar-refractivity contribution in [1.82, 2.24) is 0 Å². The molecule has 0 aromatic heterocycles. The van der Waals surface area contributed by atoms with Crippen molar-refractivity contribution in [3.05, 3.63) is 39.3 Å². The van der Waals surface area contributed by atoms with E-state index in [1.165, 1.54) is 15.0 Å². The van der Waals surface area contributed by atoms with Crippen molar-refractivity contribution < 1.29 is 45.2 Å². The topological polar surface area (TPSA) is 0 Å². The smallest absolute Gasteiger partial charge is 1.00 e. The summed E-state index contributed by atoms with van der Waals surface area (Å²) in [6.07, 6.45) is 2.32. The maximum atomic E-state index is 2.32. The molecule has 0 saturated heterocycles. The van der Waals surface area contributed by atoms with E-state index in [0.29, 0.717) is 11.8 Å². The van der Waals surface area contributed by atoms with Gasteiger partial charge < -0.3 is 24.8 Å². The molecular weight excluding hydrogens is 263 g/mol. The van der Waals surface area contributed by atoms with Crippen LogP contribution in [0.4, 0.5) is 0 Å². The van der Waals surface area contributed by atoms with Gasteiger partial charge in [-0.1, -0.05) is 0 Å². The second-order valence-corrected chi connectivity index (χ2v) is 4.85. The third-order valence-electron chi connectivity index (χ3n) is 2.64. The summed E-state index contributed by atoms with van der Waals surface area (Å²) in [7, 11) is 0. The summed E-state index contributed by atoms with van der Waals surface area (Å²) in [5.74, 6) is 1.36. The summed E-state index contributed by atoms with van der Waals surface area (Å²) in [5, 5.41) is 0. The van der Waals surface area contributed by atoms with Gasteiger partial charge in [-0.15, -0.1) is 0 Å². The number of rotatable bonds is 1. The Morgan fingerprint density at radius 2 is 1.73 bits per heavy atom. The second-order valence-electron chi connectivity index (χ2n) is 3.95. The Labute approximate surface area is 116 Å². The quantitative estimate of drug-likeness (QED) is 0.491. The van der Waals surface area contributed by atoms with Crippen LogP contribution in [0.1, 0.15) is 30.9 Å². The molecule has 0 fully saturated rings. The zero-order valence-electron chi connectivity index (χ0n) is 8.80. The van der Waals surface area contributed by atoms with E-state index in [1.807, 2.05) is 0 Å². The van der Waals surface area contributed by atoms with Crippen LogP contribution in [-0.2, 0) is 20.4 Å². The monoisotopic (exact) mass is 275 g/mol. The van der Waals surface area contributed by atoms with E-state index in [9.17, 15) is 0 Å². The molecule has 1 unspecified atom stereocenters. The minimum absolute atomic E-state index is 0. The van der Waals surface area contributed by atoms with E-state index in [-0.39, 0.29) is 24.8 Å². The van der Waals surface area contributed by atoms with E-state index >= 15 is 0 Å². The van der Waals surface area contributed by atoms with E-state index in [1.54, 1.807) is 0 Å². The Bertz CT molecular complexity index is 358. The van der Waals surface area contributed by atoms with Crippen molar-refractivity contribution in [3.63, 3.8) is 0 Å². The third-order valence-corrected chi connectivity index (χ3v) is 3.35. The van der Waals surface area contributed by atoms with Gasteiger partial charge in [0.15, 0.2) is 0 Å². The van der Waals surface area contributed by atoms with Crippen LogP contribution in [0.3, 0.4) is 0 Å². The molecule has 1 aliphatic carbocycles. The molecule has 0 nitrogen and oxygen atoms in total. The molecule has 0 N–H and O–H groups in total. The molecule has 0 aliphatic heterocycles. The van der Waals surface area contributed by atoms with Gasteiger partial charge in [0.1, 0.15) is 0 Å². The first kappa shape index (κ1) is 15.3. The molecule has 0 radical (unpaired) electrons. The number of allylic oxidation sites excluding steroid dienone is 1. The first-order chi connectivity index (χ1) is 6.20. The minimum atomic E-state index is 0. The first-order valence-corrected chi connectivity index (χ1v) is 5.50. The zero-order chi connectivity index (χ0) is 9.42. The minimum Gasteiger partial charge on any atom is -1.00 e. The summed E-state index contributed by atoms with van der Waals surface area (Å²) in [5.41, 5.74) is 2.92. The van der Waals surface area contributed by atoms with E-state index in [0.717, 1.165) is 0 Å². The summed E-state index contributed by atoms with van der Waals surface area (Å²) < 4.78 is 1.51. The van der Waals surface area contributed by atoms with Crippen molar-refractivity contribution in [3.8, 4) is 0 Å². The molecule has 3 heteroatoms. The van der Waals surface area contributed by atoms with Crippen molar-refractivity contribution in [2.24, 2.45) is 5.92 Å². The summed E-state index contributed by atoms with van der Waals surface area (Å²) in [6.45, 7) is 4.59. The Balaban J connectivity index is 0.000000980. The molecule has 0 amide bonds. The van der Waals surface area contributed by atoms with E-state index in [2.05, 4.69) is 64.6 Å². The number of halogens is 2. The molecule has 0 bridgehead atoms. The Hall–Kier alpha value is 0.254. The molecule has 79 valence electrons. The average molecular weight is 276 g/mol. The van der Waals surface area contributed by atoms with Gasteiger partial charge in [-0.05, 0) is 0 Å². The number of hydrogen-bond acceptors (Lipinski definition) is 0. The molecule has 0 spiro atoms. The van der Waals surface area contributed by atoms with Crippen LogP contribution in [0.25, 0.3) is 6.08 Å². The maximum absolute atomic E-state index is 2.32. The number of fused-ring (bicyclic) bond motifs is 1. The Morgan fingerprint density at radius 1 is 1.13 bits per heavy atom. The standard InChI is InChI=1S/C12H13.2ClH.Ti/c1-9(2)11-8-7-10-5-3-4-6-12(10)11;;;/h3-7,9,11H,1-2H3;2*1H;/q;;;+2/p-2. The van der Waals surface area contributed by atoms with Crippen LogP contribution in [0, 0.1) is 5.92 Å². The average Bonchev–Trinajstić information content (AvgIpc) is 2.39. The van der Waals surface area contributed by atoms with Crippen LogP contribution >= 0.6 is 0 Å². The summed E-state index contributed by atoms with van der Waals surface area (Å²) in [4.78, 5) is 0. The van der Waals surface area contributed by atoms with Gasteiger partial charge >= 0.3 is 91.5 Å². The summed E-state index contributed by atoms with van der Waals surface area (Å²) in [6, 6.07) is 8.72. The van der Waals surface area contributed by atoms with Gasteiger partial charge in [-0.2, -0.15) is 0 Å². The Kier molecular flexibility index (Phi) is 6.21. The molecule has 2 rings (SSSR count). The number of benzene rings is 1. The van der Waals surface area contributed by atoms with Crippen molar-refractivity contribution >= 4 is 6.08 Å². The van der Waals surface area contributed by atoms with Crippen LogP contribution in [-0.4, -0.2) is 0 Å². The van der Waals surface area contributed by atoms with Gasteiger partial charge in [-0.25, -0.2) is 0 Å².